The molecule has 2 saturated heterocycles. The molecule has 0 unspecified atom stereocenters. The Kier molecular flexibility index (Phi) is 8.22. The number of hydrogen-bond donors (Lipinski definition) is 1. The average Bonchev–Trinajstić information content (AvgIpc) is 3.39. The van der Waals surface area contributed by atoms with E-state index in [2.05, 4.69) is 41.7 Å². The van der Waals surface area contributed by atoms with Crippen molar-refractivity contribution in [2.24, 2.45) is 0 Å². The molecule has 2 fully saturated rings. The Morgan fingerprint density at radius 2 is 1.86 bits per heavy atom. The lowest BCUT2D eigenvalue weighted by molar-refractivity contribution is 0.0129. The van der Waals surface area contributed by atoms with Gasteiger partial charge in [0.05, 0.1) is 12.2 Å². The highest BCUT2D eigenvalue weighted by atomic mass is 16.6. The Morgan fingerprint density at radius 3 is 2.61 bits per heavy atom. The Balaban J connectivity index is 1.32. The fraction of sp³-hybridized carbons (Fsp3) is 0.559. The van der Waals surface area contributed by atoms with Crippen LogP contribution in [0.1, 0.15) is 58.7 Å². The fourth-order valence-corrected chi connectivity index (χ4v) is 6.79. The molecule has 236 valence electrons. The number of amides is 1. The van der Waals surface area contributed by atoms with Gasteiger partial charge >= 0.3 is 12.1 Å². The van der Waals surface area contributed by atoms with E-state index in [0.29, 0.717) is 38.3 Å². The molecule has 2 aromatic carbocycles. The first-order valence-corrected chi connectivity index (χ1v) is 15.9. The van der Waals surface area contributed by atoms with Crippen LogP contribution in [0.25, 0.3) is 10.8 Å². The number of nitrogens with zero attached hydrogens (tertiary/aromatic N) is 6. The van der Waals surface area contributed by atoms with Crippen molar-refractivity contribution in [3.63, 3.8) is 0 Å². The monoisotopic (exact) mass is 602 g/mol. The summed E-state index contributed by atoms with van der Waals surface area (Å²) in [6, 6.07) is 12.5. The van der Waals surface area contributed by atoms with E-state index >= 15 is 0 Å². The van der Waals surface area contributed by atoms with Crippen LogP contribution in [0.2, 0.25) is 0 Å². The van der Waals surface area contributed by atoms with Crippen LogP contribution in [0.15, 0.2) is 36.4 Å². The molecular weight excluding hydrogens is 556 g/mol. The van der Waals surface area contributed by atoms with Crippen molar-refractivity contribution in [3.05, 3.63) is 47.7 Å². The summed E-state index contributed by atoms with van der Waals surface area (Å²) in [5.74, 6) is 1.15. The van der Waals surface area contributed by atoms with Crippen LogP contribution in [-0.4, -0.2) is 94.5 Å². The Hall–Kier alpha value is -3.79. The Morgan fingerprint density at radius 1 is 1.07 bits per heavy atom. The second-order valence-electron chi connectivity index (χ2n) is 13.7. The molecule has 10 heteroatoms. The summed E-state index contributed by atoms with van der Waals surface area (Å²) in [7, 11) is 2.14. The number of likely N-dealkylation sites (N-methyl/N-ethyl adjacent to an activating group) is 1. The minimum atomic E-state index is -0.546. The van der Waals surface area contributed by atoms with Gasteiger partial charge in [-0.25, -0.2) is 4.79 Å². The summed E-state index contributed by atoms with van der Waals surface area (Å²) in [6.07, 6.45) is 2.76. The predicted octanol–water partition coefficient (Wildman–Crippen LogP) is 5.21. The number of rotatable bonds is 5. The number of ether oxygens (including phenoxy) is 2. The third-order valence-electron chi connectivity index (χ3n) is 9.15. The van der Waals surface area contributed by atoms with E-state index in [1.54, 1.807) is 0 Å². The van der Waals surface area contributed by atoms with Gasteiger partial charge in [0.15, 0.2) is 0 Å². The zero-order valence-electron chi connectivity index (χ0n) is 26.9. The molecule has 0 aliphatic carbocycles. The second-order valence-corrected chi connectivity index (χ2v) is 13.7. The number of piperazine rings is 1. The number of phenols is 1. The summed E-state index contributed by atoms with van der Waals surface area (Å²) in [5.41, 5.74) is 2.52. The van der Waals surface area contributed by atoms with Gasteiger partial charge in [-0.2, -0.15) is 9.97 Å². The first-order valence-electron chi connectivity index (χ1n) is 15.9. The lowest BCUT2D eigenvalue weighted by Gasteiger charge is -2.45. The van der Waals surface area contributed by atoms with E-state index in [0.717, 1.165) is 59.5 Å². The van der Waals surface area contributed by atoms with Gasteiger partial charge in [0.1, 0.15) is 23.8 Å². The maximum Gasteiger partial charge on any atom is 0.410 e. The minimum absolute atomic E-state index is 0.0274. The number of carbonyl (C=O) groups is 1. The molecule has 0 radical (unpaired) electrons. The van der Waals surface area contributed by atoms with Crippen LogP contribution < -0.4 is 14.5 Å². The van der Waals surface area contributed by atoms with Crippen LogP contribution >= 0.6 is 0 Å². The molecule has 3 aliphatic heterocycles. The summed E-state index contributed by atoms with van der Waals surface area (Å²) in [6.45, 7) is 14.1. The lowest BCUT2D eigenvalue weighted by Crippen LogP contribution is -2.59. The highest BCUT2D eigenvalue weighted by Crippen LogP contribution is 2.37. The number of hydrogen-bond acceptors (Lipinski definition) is 9. The third kappa shape index (κ3) is 6.22. The maximum atomic E-state index is 13.0. The average molecular weight is 603 g/mol. The van der Waals surface area contributed by atoms with Crippen LogP contribution in [0.5, 0.6) is 11.8 Å². The molecular formula is C34H46N6O4. The van der Waals surface area contributed by atoms with E-state index < -0.39 is 5.60 Å². The first kappa shape index (κ1) is 30.2. The normalized spacial score (nSPS) is 22.8. The summed E-state index contributed by atoms with van der Waals surface area (Å²) < 4.78 is 12.1. The molecule has 3 atom stereocenters. The van der Waals surface area contributed by atoms with Gasteiger partial charge in [-0.3, -0.25) is 0 Å². The van der Waals surface area contributed by atoms with Crippen molar-refractivity contribution in [3.8, 4) is 11.8 Å². The number of carbonyl (C=O) groups excluding carboxylic acids is 1. The highest BCUT2D eigenvalue weighted by Gasteiger charge is 2.37. The molecule has 1 amide bonds. The van der Waals surface area contributed by atoms with E-state index in [4.69, 9.17) is 19.4 Å². The molecule has 10 nitrogen and oxygen atoms in total. The molecule has 0 spiro atoms. The van der Waals surface area contributed by atoms with Gasteiger partial charge < -0.3 is 34.2 Å². The van der Waals surface area contributed by atoms with E-state index in [1.807, 2.05) is 56.0 Å². The number of anilines is 2. The van der Waals surface area contributed by atoms with Crippen molar-refractivity contribution in [1.82, 2.24) is 19.8 Å². The number of phenolic OH excluding ortho intramolecular Hbond substituents is 1. The van der Waals surface area contributed by atoms with Crippen molar-refractivity contribution in [2.75, 3.05) is 49.6 Å². The standard InChI is InChI=1S/C34H46N6O4/c1-22-19-40(33(42)44-34(3,4)5)23(2)18-39(22)31-28-13-15-38(30-17-26(41)16-24-10-7-8-12-27(24)30)20-29(28)35-32(36-31)43-21-25-11-9-14-37(25)6/h7-8,10,12,16-17,22-23,25,41H,9,11,13-15,18-21H2,1-6H3/t22-,23+,25-/m0/s1. The smallest absolute Gasteiger partial charge is 0.410 e. The topological polar surface area (TPSA) is 94.5 Å². The second kappa shape index (κ2) is 12.0. The highest BCUT2D eigenvalue weighted by molar-refractivity contribution is 5.95. The van der Waals surface area contributed by atoms with Crippen LogP contribution in [0.4, 0.5) is 16.3 Å². The molecule has 1 N–H and O–H groups in total. The zero-order valence-corrected chi connectivity index (χ0v) is 26.9. The maximum absolute atomic E-state index is 13.0. The van der Waals surface area contributed by atoms with Gasteiger partial charge in [-0.05, 0) is 78.9 Å². The minimum Gasteiger partial charge on any atom is -0.508 e. The largest absolute Gasteiger partial charge is 0.508 e. The molecule has 0 bridgehead atoms. The number of likely N-dealkylation sites (tertiary alicyclic amines) is 1. The molecule has 3 aliphatic rings. The molecule has 0 saturated carbocycles. The first-order chi connectivity index (χ1) is 21.0. The zero-order chi connectivity index (χ0) is 31.2. The van der Waals surface area contributed by atoms with Crippen molar-refractivity contribution < 1.29 is 19.4 Å². The van der Waals surface area contributed by atoms with Gasteiger partial charge in [0, 0.05) is 60.5 Å². The van der Waals surface area contributed by atoms with Gasteiger partial charge in [-0.15, -0.1) is 0 Å². The van der Waals surface area contributed by atoms with Crippen molar-refractivity contribution >= 4 is 28.4 Å². The van der Waals surface area contributed by atoms with Crippen LogP contribution in [0, 0.1) is 0 Å². The molecule has 3 aromatic rings. The van der Waals surface area contributed by atoms with Gasteiger partial charge in [0.25, 0.3) is 0 Å². The van der Waals surface area contributed by atoms with Crippen LogP contribution in [0.3, 0.4) is 0 Å². The SMILES string of the molecule is C[C@@H]1CN(c2nc(OC[C@@H]3CCCN3C)nc3c2CCN(c2cc(O)cc4ccccc24)C3)[C@@H](C)CN1C(=O)OC(C)(C)C. The van der Waals surface area contributed by atoms with E-state index in [1.165, 1.54) is 6.42 Å². The molecule has 4 heterocycles. The summed E-state index contributed by atoms with van der Waals surface area (Å²) in [5, 5.41) is 12.7. The molecule has 6 rings (SSSR count). The number of fused-ring (bicyclic) bond motifs is 2. The van der Waals surface area contributed by atoms with Crippen LogP contribution in [-0.2, 0) is 17.7 Å². The number of aromatic hydroxyl groups is 1. The Labute approximate surface area is 260 Å². The molecule has 1 aromatic heterocycles. The third-order valence-corrected chi connectivity index (χ3v) is 9.15. The van der Waals surface area contributed by atoms with Gasteiger partial charge in [0.2, 0.25) is 0 Å². The molecule has 44 heavy (non-hydrogen) atoms. The van der Waals surface area contributed by atoms with Crippen molar-refractivity contribution in [1.29, 1.82) is 0 Å². The summed E-state index contributed by atoms with van der Waals surface area (Å²) >= 11 is 0. The number of benzene rings is 2. The lowest BCUT2D eigenvalue weighted by atomic mass is 10.0. The number of aromatic nitrogens is 2. The van der Waals surface area contributed by atoms with Crippen molar-refractivity contribution in [2.45, 2.75) is 84.2 Å². The quantitative estimate of drug-likeness (QED) is 0.423. The van der Waals surface area contributed by atoms with E-state index in [-0.39, 0.29) is 23.9 Å². The fourth-order valence-electron chi connectivity index (χ4n) is 6.79. The summed E-state index contributed by atoms with van der Waals surface area (Å²) in [4.78, 5) is 31.9. The Bertz CT molecular complexity index is 1520. The van der Waals surface area contributed by atoms with E-state index in [9.17, 15) is 9.90 Å². The predicted molar refractivity (Wildman–Crippen MR) is 173 cm³/mol. The van der Waals surface area contributed by atoms with Gasteiger partial charge in [-0.1, -0.05) is 24.3 Å².